The van der Waals surface area contributed by atoms with Crippen LogP contribution in [0.5, 0.6) is 0 Å². The van der Waals surface area contributed by atoms with Crippen molar-refractivity contribution in [3.05, 3.63) is 72.9 Å². The third-order valence-electron chi connectivity index (χ3n) is 12.1. The standard InChI is InChI=1S/C60H105O11P/c1-4-7-10-13-16-19-22-25-27-28-30-33-36-39-42-45-48-51-60(64)71-57(53-67-58(62)49-46-43-40-37-34-31-24-21-18-15-12-9-6-3)55-69-72(65,66)68-54-56(52-61)70-59(63)50-47-44-41-38-35-32-29-26-23-20-17-14-11-8-5-2/h9,12,18,21,25-27,29,31,34,40,43,56-57,61H,4-8,10-11,13-17,19-20,22-24,28,30,32-33,35-39,41-42,44-55H2,1-3H3,(H,65,66)/b12-9-,21-18-,27-25-,29-26-,34-31-,43-40-. The summed E-state index contributed by atoms with van der Waals surface area (Å²) in [5, 5.41) is 9.81. The summed E-state index contributed by atoms with van der Waals surface area (Å²) in [6, 6.07) is 0. The molecule has 0 spiro atoms. The van der Waals surface area contributed by atoms with Crippen molar-refractivity contribution in [3.8, 4) is 0 Å². The molecule has 3 unspecified atom stereocenters. The van der Waals surface area contributed by atoms with Crippen molar-refractivity contribution < 1.29 is 52.2 Å². The van der Waals surface area contributed by atoms with Gasteiger partial charge in [-0.2, -0.15) is 0 Å². The highest BCUT2D eigenvalue weighted by Crippen LogP contribution is 2.43. The van der Waals surface area contributed by atoms with Crippen molar-refractivity contribution in [2.24, 2.45) is 0 Å². The Morgan fingerprint density at radius 3 is 1.17 bits per heavy atom. The number of ether oxygens (including phenoxy) is 3. The molecule has 0 amide bonds. The second kappa shape index (κ2) is 54.2. The maximum absolute atomic E-state index is 12.9. The predicted octanol–water partition coefficient (Wildman–Crippen LogP) is 16.9. The highest BCUT2D eigenvalue weighted by molar-refractivity contribution is 7.47. The second-order valence-corrected chi connectivity index (χ2v) is 20.5. The molecule has 0 saturated heterocycles. The lowest BCUT2D eigenvalue weighted by Gasteiger charge is -2.21. The zero-order chi connectivity index (χ0) is 52.7. The van der Waals surface area contributed by atoms with Crippen LogP contribution in [-0.2, 0) is 42.2 Å². The summed E-state index contributed by atoms with van der Waals surface area (Å²) in [7, 11) is -4.76. The van der Waals surface area contributed by atoms with E-state index in [1.54, 1.807) is 0 Å². The van der Waals surface area contributed by atoms with Gasteiger partial charge in [0.1, 0.15) is 12.7 Å². The lowest BCUT2D eigenvalue weighted by atomic mass is 10.1. The second-order valence-electron chi connectivity index (χ2n) is 19.1. The Balaban J connectivity index is 4.78. The highest BCUT2D eigenvalue weighted by atomic mass is 31.2. The summed E-state index contributed by atoms with van der Waals surface area (Å²) in [6.45, 7) is 4.44. The van der Waals surface area contributed by atoms with Crippen molar-refractivity contribution in [1.82, 2.24) is 0 Å². The molecule has 12 heteroatoms. The number of phosphoric ester groups is 1. The van der Waals surface area contributed by atoms with Crippen molar-refractivity contribution in [2.75, 3.05) is 26.4 Å². The molecule has 0 fully saturated rings. The largest absolute Gasteiger partial charge is 0.472 e. The molecule has 0 aromatic heterocycles. The number of hydrogen-bond donors (Lipinski definition) is 2. The van der Waals surface area contributed by atoms with Crippen LogP contribution in [0.25, 0.3) is 0 Å². The molecular weight excluding hydrogens is 928 g/mol. The van der Waals surface area contributed by atoms with Gasteiger partial charge in [0.15, 0.2) is 6.10 Å². The first-order valence-electron chi connectivity index (χ1n) is 28.8. The van der Waals surface area contributed by atoms with E-state index in [1.165, 1.54) is 96.3 Å². The highest BCUT2D eigenvalue weighted by Gasteiger charge is 2.28. The molecule has 0 radical (unpaired) electrons. The zero-order valence-corrected chi connectivity index (χ0v) is 46.8. The third-order valence-corrected chi connectivity index (χ3v) is 13.0. The van der Waals surface area contributed by atoms with E-state index in [-0.39, 0.29) is 25.9 Å². The molecule has 0 aliphatic heterocycles. The SMILES string of the molecule is CC/C=C\C/C=C\C/C=C\C/C=C\CCC(=O)OCC(COP(=O)(O)OCC(CO)OC(=O)CCCCCCC/C=C\CCCCCCCC)OC(=O)CCCCCCCCC/C=C\CCCCCCCC. The normalized spacial score (nSPS) is 13.9. The fraction of sp³-hybridized carbons (Fsp3) is 0.750. The molecule has 11 nitrogen and oxygen atoms in total. The van der Waals surface area contributed by atoms with Gasteiger partial charge in [-0.15, -0.1) is 0 Å². The summed E-state index contributed by atoms with van der Waals surface area (Å²) in [5.41, 5.74) is 0. The molecule has 0 aliphatic rings. The number of hydrogen-bond acceptors (Lipinski definition) is 10. The summed E-state index contributed by atoms with van der Waals surface area (Å²) in [6.07, 6.45) is 60.2. The van der Waals surface area contributed by atoms with E-state index in [9.17, 15) is 28.9 Å². The summed E-state index contributed by atoms with van der Waals surface area (Å²) in [4.78, 5) is 48.5. The number of aliphatic hydroxyl groups is 1. The van der Waals surface area contributed by atoms with E-state index in [0.717, 1.165) is 96.3 Å². The van der Waals surface area contributed by atoms with Gasteiger partial charge < -0.3 is 24.2 Å². The Kier molecular flexibility index (Phi) is 51.9. The van der Waals surface area contributed by atoms with Crippen LogP contribution in [-0.4, -0.2) is 66.5 Å². The van der Waals surface area contributed by atoms with Crippen LogP contribution in [0.3, 0.4) is 0 Å². The molecule has 0 heterocycles. The monoisotopic (exact) mass is 1030 g/mol. The Bertz CT molecular complexity index is 1490. The topological polar surface area (TPSA) is 155 Å². The van der Waals surface area contributed by atoms with Gasteiger partial charge in [0.25, 0.3) is 0 Å². The van der Waals surface area contributed by atoms with Crippen LogP contribution < -0.4 is 0 Å². The minimum absolute atomic E-state index is 0.103. The van der Waals surface area contributed by atoms with E-state index in [2.05, 4.69) is 81.5 Å². The summed E-state index contributed by atoms with van der Waals surface area (Å²) in [5.74, 6) is -1.57. The molecule has 0 bridgehead atoms. The van der Waals surface area contributed by atoms with Gasteiger partial charge >= 0.3 is 25.7 Å². The van der Waals surface area contributed by atoms with E-state index < -0.39 is 57.8 Å². The van der Waals surface area contributed by atoms with Crippen molar-refractivity contribution in [3.63, 3.8) is 0 Å². The lowest BCUT2D eigenvalue weighted by Crippen LogP contribution is -2.30. The third kappa shape index (κ3) is 51.8. The number of carbonyl (C=O) groups is 3. The number of rotatable bonds is 53. The minimum Gasteiger partial charge on any atom is -0.462 e. The van der Waals surface area contributed by atoms with Crippen molar-refractivity contribution in [1.29, 1.82) is 0 Å². The Labute approximate surface area is 439 Å². The van der Waals surface area contributed by atoms with Crippen LogP contribution in [0.4, 0.5) is 0 Å². The molecule has 0 aliphatic carbocycles. The van der Waals surface area contributed by atoms with Gasteiger partial charge in [-0.25, -0.2) is 4.57 Å². The van der Waals surface area contributed by atoms with Gasteiger partial charge in [0, 0.05) is 19.3 Å². The predicted molar refractivity (Wildman–Crippen MR) is 298 cm³/mol. The lowest BCUT2D eigenvalue weighted by molar-refractivity contribution is -0.161. The van der Waals surface area contributed by atoms with Gasteiger partial charge in [-0.3, -0.25) is 23.4 Å². The van der Waals surface area contributed by atoms with Crippen molar-refractivity contribution >= 4 is 25.7 Å². The van der Waals surface area contributed by atoms with Crippen LogP contribution in [0.1, 0.15) is 252 Å². The molecule has 0 aromatic rings. The number of esters is 3. The first-order valence-corrected chi connectivity index (χ1v) is 30.3. The summed E-state index contributed by atoms with van der Waals surface area (Å²) < 4.78 is 39.4. The average Bonchev–Trinajstić information content (AvgIpc) is 3.37. The molecule has 2 N–H and O–H groups in total. The van der Waals surface area contributed by atoms with Crippen LogP contribution >= 0.6 is 7.82 Å². The molecule has 0 aromatic carbocycles. The fourth-order valence-corrected chi connectivity index (χ4v) is 8.50. The van der Waals surface area contributed by atoms with E-state index >= 15 is 0 Å². The average molecular weight is 1030 g/mol. The number of aliphatic hydroxyl groups excluding tert-OH is 1. The Hall–Kier alpha value is -3.08. The van der Waals surface area contributed by atoms with Crippen molar-refractivity contribution in [2.45, 2.75) is 264 Å². The quantitative estimate of drug-likeness (QED) is 0.0197. The molecular formula is C60H105O11P. The number of phosphoric acid groups is 1. The molecule has 3 atom stereocenters. The summed E-state index contributed by atoms with van der Waals surface area (Å²) >= 11 is 0. The zero-order valence-electron chi connectivity index (χ0n) is 45.9. The van der Waals surface area contributed by atoms with Gasteiger partial charge in [0.2, 0.25) is 0 Å². The Morgan fingerprint density at radius 1 is 0.403 bits per heavy atom. The van der Waals surface area contributed by atoms with Gasteiger partial charge in [-0.05, 0) is 96.3 Å². The smallest absolute Gasteiger partial charge is 0.462 e. The fourth-order valence-electron chi connectivity index (χ4n) is 7.71. The molecule has 0 rings (SSSR count). The maximum Gasteiger partial charge on any atom is 0.472 e. The molecule has 0 saturated carbocycles. The number of carbonyl (C=O) groups excluding carboxylic acids is 3. The van der Waals surface area contributed by atoms with Crippen LogP contribution in [0.2, 0.25) is 0 Å². The first-order chi connectivity index (χ1) is 35.2. The number of allylic oxidation sites excluding steroid dienone is 12. The van der Waals surface area contributed by atoms with E-state index in [0.29, 0.717) is 19.3 Å². The number of unbranched alkanes of at least 4 members (excludes halogenated alkanes) is 24. The van der Waals surface area contributed by atoms with E-state index in [4.69, 9.17) is 23.3 Å². The maximum atomic E-state index is 12.9. The van der Waals surface area contributed by atoms with Crippen LogP contribution in [0, 0.1) is 0 Å². The van der Waals surface area contributed by atoms with Gasteiger partial charge in [-0.1, -0.05) is 209 Å². The van der Waals surface area contributed by atoms with Crippen LogP contribution in [0.15, 0.2) is 72.9 Å². The molecule has 72 heavy (non-hydrogen) atoms. The minimum atomic E-state index is -4.76. The molecule has 416 valence electrons. The Morgan fingerprint density at radius 2 is 0.750 bits per heavy atom. The van der Waals surface area contributed by atoms with E-state index in [1.807, 2.05) is 12.2 Å². The first kappa shape index (κ1) is 68.9. The van der Waals surface area contributed by atoms with Gasteiger partial charge in [0.05, 0.1) is 19.8 Å².